The topological polar surface area (TPSA) is 38.3 Å². The molecule has 0 unspecified atom stereocenters. The Morgan fingerprint density at radius 3 is 2.23 bits per heavy atom. The van der Waals surface area contributed by atoms with Crippen molar-refractivity contribution in [3.8, 4) is 5.75 Å². The number of carbonyl (C=O) groups is 1. The average Bonchev–Trinajstić information content (AvgIpc) is 2.67. The summed E-state index contributed by atoms with van der Waals surface area (Å²) < 4.78 is 5.18. The van der Waals surface area contributed by atoms with Crippen molar-refractivity contribution < 1.29 is 9.53 Å². The Kier molecular flexibility index (Phi) is 5.82. The molecule has 0 aliphatic rings. The van der Waals surface area contributed by atoms with E-state index in [-0.39, 0.29) is 5.78 Å². The monoisotopic (exact) mass is 385 g/mol. The highest BCUT2D eigenvalue weighted by molar-refractivity contribution is 6.31. The molecule has 0 bridgehead atoms. The molecule has 0 saturated heterocycles. The molecule has 5 heteroatoms. The van der Waals surface area contributed by atoms with E-state index in [9.17, 15) is 4.79 Å². The fourth-order valence-electron chi connectivity index (χ4n) is 2.62. The summed E-state index contributed by atoms with van der Waals surface area (Å²) >= 11 is 12.0. The molecule has 0 aliphatic carbocycles. The number of ether oxygens (including phenoxy) is 1. The maximum atomic E-state index is 13.1. The van der Waals surface area contributed by atoms with Crippen LogP contribution in [0.2, 0.25) is 10.0 Å². The number of Topliss-reactive ketones (excluding diaryl/α,β-unsaturated/α-hetero) is 1. The first-order valence-electron chi connectivity index (χ1n) is 8.02. The van der Waals surface area contributed by atoms with Gasteiger partial charge < -0.3 is 10.1 Å². The van der Waals surface area contributed by atoms with Gasteiger partial charge in [-0.25, -0.2) is 0 Å². The molecule has 3 aromatic rings. The van der Waals surface area contributed by atoms with Crippen molar-refractivity contribution in [3.63, 3.8) is 0 Å². The summed E-state index contributed by atoms with van der Waals surface area (Å²) in [7, 11) is 1.61. The van der Waals surface area contributed by atoms with E-state index in [1.54, 1.807) is 43.5 Å². The first-order valence-corrected chi connectivity index (χ1v) is 8.78. The van der Waals surface area contributed by atoms with E-state index in [1.807, 2.05) is 36.4 Å². The van der Waals surface area contributed by atoms with Crippen LogP contribution >= 0.6 is 23.2 Å². The van der Waals surface area contributed by atoms with E-state index >= 15 is 0 Å². The SMILES string of the molecule is COc1ccc(N[C@H](C(=O)c2cccc(Cl)c2)c2ccc(Cl)cc2)cc1. The number of ketones is 1. The fourth-order valence-corrected chi connectivity index (χ4v) is 2.93. The number of rotatable bonds is 6. The van der Waals surface area contributed by atoms with Crippen LogP contribution in [0, 0.1) is 0 Å². The van der Waals surface area contributed by atoms with E-state index in [0.29, 0.717) is 15.6 Å². The van der Waals surface area contributed by atoms with Crippen LogP contribution < -0.4 is 10.1 Å². The minimum atomic E-state index is -0.570. The highest BCUT2D eigenvalue weighted by Crippen LogP contribution is 2.27. The predicted molar refractivity (Wildman–Crippen MR) is 107 cm³/mol. The summed E-state index contributed by atoms with van der Waals surface area (Å²) in [5.41, 5.74) is 2.16. The second-order valence-corrected chi connectivity index (χ2v) is 6.60. The van der Waals surface area contributed by atoms with Gasteiger partial charge in [-0.1, -0.05) is 47.5 Å². The van der Waals surface area contributed by atoms with Gasteiger partial charge in [0, 0.05) is 21.3 Å². The maximum Gasteiger partial charge on any atom is 0.189 e. The first-order chi connectivity index (χ1) is 12.6. The standard InChI is InChI=1S/C21H17Cl2NO2/c1-26-19-11-9-18(10-12-19)24-20(14-5-7-16(22)8-6-14)21(25)15-3-2-4-17(23)13-15/h2-13,20,24H,1H3/t20-/m0/s1. The molecule has 0 saturated carbocycles. The summed E-state index contributed by atoms with van der Waals surface area (Å²) in [6.07, 6.45) is 0. The molecule has 0 aliphatic heterocycles. The lowest BCUT2D eigenvalue weighted by atomic mass is 9.97. The van der Waals surface area contributed by atoms with Gasteiger partial charge >= 0.3 is 0 Å². The Balaban J connectivity index is 1.95. The van der Waals surface area contributed by atoms with E-state index in [4.69, 9.17) is 27.9 Å². The molecule has 26 heavy (non-hydrogen) atoms. The third-order valence-electron chi connectivity index (χ3n) is 3.98. The smallest absolute Gasteiger partial charge is 0.189 e. The number of nitrogens with one attached hydrogen (secondary N) is 1. The van der Waals surface area contributed by atoms with Crippen LogP contribution in [0.5, 0.6) is 5.75 Å². The lowest BCUT2D eigenvalue weighted by molar-refractivity contribution is 0.0969. The molecule has 3 rings (SSSR count). The quantitative estimate of drug-likeness (QED) is 0.525. The molecular formula is C21H17Cl2NO2. The number of anilines is 1. The first kappa shape index (κ1) is 18.3. The number of halogens is 2. The van der Waals surface area contributed by atoms with Crippen molar-refractivity contribution in [2.45, 2.75) is 6.04 Å². The minimum Gasteiger partial charge on any atom is -0.497 e. The zero-order valence-corrected chi connectivity index (χ0v) is 15.6. The summed E-state index contributed by atoms with van der Waals surface area (Å²) in [6.45, 7) is 0. The van der Waals surface area contributed by atoms with Gasteiger partial charge in [0.25, 0.3) is 0 Å². The lowest BCUT2D eigenvalue weighted by Crippen LogP contribution is -2.21. The Labute approximate surface area is 162 Å². The van der Waals surface area contributed by atoms with Gasteiger partial charge in [0.05, 0.1) is 7.11 Å². The highest BCUT2D eigenvalue weighted by Gasteiger charge is 2.22. The van der Waals surface area contributed by atoms with Crippen molar-refractivity contribution in [1.82, 2.24) is 0 Å². The molecule has 1 N–H and O–H groups in total. The number of methoxy groups -OCH3 is 1. The summed E-state index contributed by atoms with van der Waals surface area (Å²) in [5, 5.41) is 4.43. The third kappa shape index (κ3) is 4.37. The van der Waals surface area contributed by atoms with Crippen LogP contribution in [0.3, 0.4) is 0 Å². The molecule has 0 heterocycles. The van der Waals surface area contributed by atoms with Gasteiger partial charge in [-0.15, -0.1) is 0 Å². The van der Waals surface area contributed by atoms with Crippen molar-refractivity contribution in [2.75, 3.05) is 12.4 Å². The van der Waals surface area contributed by atoms with Crippen LogP contribution in [-0.4, -0.2) is 12.9 Å². The van der Waals surface area contributed by atoms with E-state index < -0.39 is 6.04 Å². The molecule has 0 radical (unpaired) electrons. The van der Waals surface area contributed by atoms with Gasteiger partial charge in [0.1, 0.15) is 11.8 Å². The molecule has 1 atom stereocenters. The number of hydrogen-bond donors (Lipinski definition) is 1. The number of carbonyl (C=O) groups excluding carboxylic acids is 1. The van der Waals surface area contributed by atoms with Gasteiger partial charge in [-0.3, -0.25) is 4.79 Å². The average molecular weight is 386 g/mol. The van der Waals surface area contributed by atoms with E-state index in [1.165, 1.54) is 0 Å². The van der Waals surface area contributed by atoms with Crippen molar-refractivity contribution in [2.24, 2.45) is 0 Å². The van der Waals surface area contributed by atoms with Crippen LogP contribution in [-0.2, 0) is 0 Å². The zero-order chi connectivity index (χ0) is 18.5. The summed E-state index contributed by atoms with van der Waals surface area (Å²) in [4.78, 5) is 13.1. The number of hydrogen-bond acceptors (Lipinski definition) is 3. The highest BCUT2D eigenvalue weighted by atomic mass is 35.5. The van der Waals surface area contributed by atoms with E-state index in [0.717, 1.165) is 17.0 Å². The minimum absolute atomic E-state index is 0.0781. The lowest BCUT2D eigenvalue weighted by Gasteiger charge is -2.20. The van der Waals surface area contributed by atoms with Gasteiger partial charge in [-0.05, 0) is 54.1 Å². The molecule has 0 aromatic heterocycles. The molecule has 0 spiro atoms. The van der Waals surface area contributed by atoms with Crippen molar-refractivity contribution in [3.05, 3.63) is 94.0 Å². The Bertz CT molecular complexity index is 893. The van der Waals surface area contributed by atoms with Gasteiger partial charge in [0.2, 0.25) is 0 Å². The van der Waals surface area contributed by atoms with Crippen LogP contribution in [0.25, 0.3) is 0 Å². The zero-order valence-electron chi connectivity index (χ0n) is 14.1. The van der Waals surface area contributed by atoms with Crippen molar-refractivity contribution >= 4 is 34.7 Å². The number of benzene rings is 3. The Morgan fingerprint density at radius 2 is 1.62 bits per heavy atom. The molecule has 0 fully saturated rings. The predicted octanol–water partition coefficient (Wildman–Crippen LogP) is 6.04. The fraction of sp³-hybridized carbons (Fsp3) is 0.0952. The Morgan fingerprint density at radius 1 is 0.923 bits per heavy atom. The molecule has 0 amide bonds. The molecule has 3 aromatic carbocycles. The maximum absolute atomic E-state index is 13.1. The van der Waals surface area contributed by atoms with Crippen LogP contribution in [0.15, 0.2) is 72.8 Å². The van der Waals surface area contributed by atoms with Gasteiger partial charge in [-0.2, -0.15) is 0 Å². The Hall–Kier alpha value is -2.49. The third-order valence-corrected chi connectivity index (χ3v) is 4.46. The summed E-state index contributed by atoms with van der Waals surface area (Å²) in [6, 6.07) is 21.0. The molecule has 132 valence electrons. The molecule has 3 nitrogen and oxygen atoms in total. The summed E-state index contributed by atoms with van der Waals surface area (Å²) in [5.74, 6) is 0.672. The second kappa shape index (κ2) is 8.26. The van der Waals surface area contributed by atoms with Crippen molar-refractivity contribution in [1.29, 1.82) is 0 Å². The van der Waals surface area contributed by atoms with Crippen LogP contribution in [0.4, 0.5) is 5.69 Å². The van der Waals surface area contributed by atoms with E-state index in [2.05, 4.69) is 5.32 Å². The van der Waals surface area contributed by atoms with Gasteiger partial charge in [0.15, 0.2) is 5.78 Å². The van der Waals surface area contributed by atoms with Crippen LogP contribution in [0.1, 0.15) is 22.0 Å². The second-order valence-electron chi connectivity index (χ2n) is 5.73. The molecular weight excluding hydrogens is 369 g/mol. The normalized spacial score (nSPS) is 11.7. The largest absolute Gasteiger partial charge is 0.497 e.